The first-order chi connectivity index (χ1) is 6.56. The molecule has 14 heavy (non-hydrogen) atoms. The van der Waals surface area contributed by atoms with Crippen molar-refractivity contribution >= 4 is 0 Å². The van der Waals surface area contributed by atoms with E-state index in [-0.39, 0.29) is 0 Å². The van der Waals surface area contributed by atoms with Crippen LogP contribution in [0.2, 0.25) is 0 Å². The molecule has 1 aliphatic heterocycles. The van der Waals surface area contributed by atoms with Crippen molar-refractivity contribution in [3.8, 4) is 0 Å². The minimum absolute atomic E-state index is 0.949. The van der Waals surface area contributed by atoms with Gasteiger partial charge in [-0.2, -0.15) is 0 Å². The third-order valence-electron chi connectivity index (χ3n) is 1.99. The van der Waals surface area contributed by atoms with Crippen LogP contribution in [0.3, 0.4) is 0 Å². The summed E-state index contributed by atoms with van der Waals surface area (Å²) in [6.45, 7) is 12.4. The van der Waals surface area contributed by atoms with Gasteiger partial charge in [0.25, 0.3) is 0 Å². The van der Waals surface area contributed by atoms with Gasteiger partial charge in [0, 0.05) is 20.6 Å². The molecular formula is C12H28N2. The van der Waals surface area contributed by atoms with Crippen LogP contribution < -0.4 is 0 Å². The maximum atomic E-state index is 3.49. The van der Waals surface area contributed by atoms with Crippen molar-refractivity contribution in [2.24, 2.45) is 5.92 Å². The molecule has 1 aliphatic rings. The second kappa shape index (κ2) is 10.6. The highest BCUT2D eigenvalue weighted by Crippen LogP contribution is 2.11. The Labute approximate surface area is 90.6 Å². The van der Waals surface area contributed by atoms with Crippen molar-refractivity contribution in [1.29, 1.82) is 0 Å². The molecule has 1 rings (SSSR count). The number of nitrogens with zero attached hydrogens (tertiary/aromatic N) is 2. The third kappa shape index (κ3) is 11.5. The van der Waals surface area contributed by atoms with Crippen LogP contribution in [0.15, 0.2) is 12.8 Å². The van der Waals surface area contributed by atoms with E-state index in [0.717, 1.165) is 5.92 Å². The summed E-state index contributed by atoms with van der Waals surface area (Å²) in [6.07, 6.45) is 3.15. The second-order valence-corrected chi connectivity index (χ2v) is 3.80. The van der Waals surface area contributed by atoms with Crippen molar-refractivity contribution in [3.05, 3.63) is 12.8 Å². The van der Waals surface area contributed by atoms with Crippen LogP contribution in [-0.2, 0) is 0 Å². The molecule has 0 aliphatic carbocycles. The molecule has 0 spiro atoms. The number of hydrogen-bond donors (Lipinski definition) is 0. The van der Waals surface area contributed by atoms with Crippen molar-refractivity contribution < 1.29 is 0 Å². The first-order valence-electron chi connectivity index (χ1n) is 5.53. The van der Waals surface area contributed by atoms with E-state index in [2.05, 4.69) is 25.5 Å². The smallest absolute Gasteiger partial charge is 0.00554 e. The minimum Gasteiger partial charge on any atom is -0.384 e. The summed E-state index contributed by atoms with van der Waals surface area (Å²) in [5, 5.41) is 0. The normalized spacial score (nSPS) is 20.0. The molecule has 0 amide bonds. The molecule has 1 unspecified atom stereocenters. The molecule has 86 valence electrons. The Balaban J connectivity index is 0. The molecule has 0 aromatic rings. The molecule has 1 saturated heterocycles. The maximum Gasteiger partial charge on any atom is 0.00554 e. The average molecular weight is 200 g/mol. The van der Waals surface area contributed by atoms with Crippen LogP contribution in [0, 0.1) is 5.92 Å². The van der Waals surface area contributed by atoms with Gasteiger partial charge in [0.15, 0.2) is 0 Å². The lowest BCUT2D eigenvalue weighted by Gasteiger charge is -2.03. The van der Waals surface area contributed by atoms with E-state index in [9.17, 15) is 0 Å². The molecule has 0 radical (unpaired) electrons. The van der Waals surface area contributed by atoms with Gasteiger partial charge >= 0.3 is 0 Å². The van der Waals surface area contributed by atoms with Gasteiger partial charge in [0.2, 0.25) is 0 Å². The van der Waals surface area contributed by atoms with Gasteiger partial charge in [0.05, 0.1) is 0 Å². The largest absolute Gasteiger partial charge is 0.384 e. The summed E-state index contributed by atoms with van der Waals surface area (Å²) in [5.74, 6) is 0.949. The second-order valence-electron chi connectivity index (χ2n) is 3.80. The van der Waals surface area contributed by atoms with E-state index in [1.807, 2.05) is 32.8 Å². The van der Waals surface area contributed by atoms with E-state index in [1.165, 1.54) is 19.5 Å². The Hall–Kier alpha value is -0.500. The van der Waals surface area contributed by atoms with Gasteiger partial charge in [-0.1, -0.05) is 27.4 Å². The van der Waals surface area contributed by atoms with E-state index < -0.39 is 0 Å². The maximum absolute atomic E-state index is 3.49. The Morgan fingerprint density at radius 3 is 1.86 bits per heavy atom. The average Bonchev–Trinajstić information content (AvgIpc) is 2.54. The summed E-state index contributed by atoms with van der Waals surface area (Å²) in [5.41, 5.74) is 0. The SMILES string of the molecule is C=CN(C)C.CC.CC1CCN(C)C1. The first kappa shape index (κ1) is 15.9. The van der Waals surface area contributed by atoms with Crippen LogP contribution in [0.4, 0.5) is 0 Å². The minimum atomic E-state index is 0.949. The summed E-state index contributed by atoms with van der Waals surface area (Å²) < 4.78 is 0. The lowest BCUT2D eigenvalue weighted by Crippen LogP contribution is -2.12. The van der Waals surface area contributed by atoms with Gasteiger partial charge in [0.1, 0.15) is 0 Å². The van der Waals surface area contributed by atoms with Crippen molar-refractivity contribution in [2.45, 2.75) is 27.2 Å². The van der Waals surface area contributed by atoms with Crippen molar-refractivity contribution in [2.75, 3.05) is 34.2 Å². The zero-order valence-corrected chi connectivity index (χ0v) is 10.9. The van der Waals surface area contributed by atoms with Crippen molar-refractivity contribution in [1.82, 2.24) is 9.80 Å². The van der Waals surface area contributed by atoms with Crippen LogP contribution in [-0.4, -0.2) is 44.0 Å². The number of rotatable bonds is 1. The molecule has 2 nitrogen and oxygen atoms in total. The molecule has 0 saturated carbocycles. The molecule has 0 aromatic carbocycles. The fourth-order valence-electron chi connectivity index (χ4n) is 1.16. The Bertz CT molecular complexity index is 113. The van der Waals surface area contributed by atoms with Crippen LogP contribution in [0.25, 0.3) is 0 Å². The molecule has 0 N–H and O–H groups in total. The fourth-order valence-corrected chi connectivity index (χ4v) is 1.16. The Kier molecular flexibility index (Phi) is 12.1. The van der Waals surface area contributed by atoms with E-state index in [0.29, 0.717) is 0 Å². The molecule has 0 aromatic heterocycles. The monoisotopic (exact) mass is 200 g/mol. The Morgan fingerprint density at radius 2 is 1.79 bits per heavy atom. The molecule has 1 fully saturated rings. The standard InChI is InChI=1S/C6H13N.C4H9N.C2H6/c1-6-3-4-7(2)5-6;1-4-5(2)3;1-2/h6H,3-5H2,1-2H3;4H,1H2,2-3H3;1-2H3. The van der Waals surface area contributed by atoms with E-state index in [1.54, 1.807) is 6.20 Å². The van der Waals surface area contributed by atoms with Crippen LogP contribution in [0.1, 0.15) is 27.2 Å². The van der Waals surface area contributed by atoms with E-state index in [4.69, 9.17) is 0 Å². The highest BCUT2D eigenvalue weighted by atomic mass is 15.1. The topological polar surface area (TPSA) is 6.48 Å². The molecular weight excluding hydrogens is 172 g/mol. The number of hydrogen-bond acceptors (Lipinski definition) is 2. The van der Waals surface area contributed by atoms with Crippen molar-refractivity contribution in [3.63, 3.8) is 0 Å². The first-order valence-corrected chi connectivity index (χ1v) is 5.53. The van der Waals surface area contributed by atoms with Gasteiger partial charge in [-0.3, -0.25) is 0 Å². The highest BCUT2D eigenvalue weighted by molar-refractivity contribution is 4.67. The predicted molar refractivity (Wildman–Crippen MR) is 66.5 cm³/mol. The van der Waals surface area contributed by atoms with Crippen LogP contribution in [0.5, 0.6) is 0 Å². The van der Waals surface area contributed by atoms with Gasteiger partial charge < -0.3 is 9.80 Å². The fraction of sp³-hybridized carbons (Fsp3) is 0.833. The zero-order chi connectivity index (χ0) is 11.6. The lowest BCUT2D eigenvalue weighted by molar-refractivity contribution is 0.402. The molecule has 2 heteroatoms. The van der Waals surface area contributed by atoms with Gasteiger partial charge in [-0.05, 0) is 32.1 Å². The number of likely N-dealkylation sites (tertiary alicyclic amines) is 1. The van der Waals surface area contributed by atoms with E-state index >= 15 is 0 Å². The molecule has 1 atom stereocenters. The lowest BCUT2D eigenvalue weighted by atomic mass is 10.2. The Morgan fingerprint density at radius 1 is 1.36 bits per heavy atom. The van der Waals surface area contributed by atoms with Gasteiger partial charge in [-0.15, -0.1) is 0 Å². The summed E-state index contributed by atoms with van der Waals surface area (Å²) in [6, 6.07) is 0. The zero-order valence-electron chi connectivity index (χ0n) is 10.9. The third-order valence-corrected chi connectivity index (χ3v) is 1.99. The quantitative estimate of drug-likeness (QED) is 0.642. The summed E-state index contributed by atoms with van der Waals surface area (Å²) >= 11 is 0. The molecule has 1 heterocycles. The summed E-state index contributed by atoms with van der Waals surface area (Å²) in [7, 11) is 6.06. The highest BCUT2D eigenvalue weighted by Gasteiger charge is 2.13. The predicted octanol–water partition coefficient (Wildman–Crippen LogP) is 2.68. The van der Waals surface area contributed by atoms with Gasteiger partial charge in [-0.25, -0.2) is 0 Å². The molecule has 0 bridgehead atoms. The summed E-state index contributed by atoms with van der Waals surface area (Å²) in [4.78, 5) is 4.27. The van der Waals surface area contributed by atoms with Crippen LogP contribution >= 0.6 is 0 Å².